The van der Waals surface area contributed by atoms with Crippen LogP contribution in [0.25, 0.3) is 0 Å². The van der Waals surface area contributed by atoms with E-state index in [-0.39, 0.29) is 42.5 Å². The summed E-state index contributed by atoms with van der Waals surface area (Å²) < 4.78 is 0. The van der Waals surface area contributed by atoms with Gasteiger partial charge in [0.1, 0.15) is 5.66 Å². The summed E-state index contributed by atoms with van der Waals surface area (Å²) >= 11 is 0. The molecule has 3 fully saturated rings. The van der Waals surface area contributed by atoms with Gasteiger partial charge >= 0.3 is 0 Å². The molecule has 4 amide bonds. The summed E-state index contributed by atoms with van der Waals surface area (Å²) in [5.74, 6) is 0.166. The Bertz CT molecular complexity index is 996. The molecule has 34 heavy (non-hydrogen) atoms. The normalized spacial score (nSPS) is 25.4. The van der Waals surface area contributed by atoms with Crippen molar-refractivity contribution in [2.24, 2.45) is 5.92 Å². The van der Waals surface area contributed by atoms with Crippen LogP contribution < -0.4 is 4.90 Å². The highest BCUT2D eigenvalue weighted by Crippen LogP contribution is 2.44. The molecule has 0 saturated carbocycles. The van der Waals surface area contributed by atoms with Crippen molar-refractivity contribution in [1.29, 1.82) is 0 Å². The minimum atomic E-state index is -0.739. The van der Waals surface area contributed by atoms with Crippen LogP contribution in [0.1, 0.15) is 68.6 Å². The van der Waals surface area contributed by atoms with Crippen LogP contribution in [0, 0.1) is 5.92 Å². The molecule has 1 aromatic rings. The van der Waals surface area contributed by atoms with E-state index >= 15 is 0 Å². The topological polar surface area (TPSA) is 81.2 Å². The maximum absolute atomic E-state index is 13.3. The number of amides is 4. The van der Waals surface area contributed by atoms with E-state index in [0.29, 0.717) is 50.0 Å². The van der Waals surface area contributed by atoms with Gasteiger partial charge in [-0.25, -0.2) is 0 Å². The molecule has 0 spiro atoms. The molecule has 182 valence electrons. The molecule has 3 saturated heterocycles. The molecule has 0 aliphatic carbocycles. The zero-order chi connectivity index (χ0) is 23.9. The average Bonchev–Trinajstić information content (AvgIpc) is 3.18. The predicted molar refractivity (Wildman–Crippen MR) is 127 cm³/mol. The lowest BCUT2D eigenvalue weighted by atomic mass is 9.94. The molecule has 1 unspecified atom stereocenters. The molecule has 0 aromatic heterocycles. The summed E-state index contributed by atoms with van der Waals surface area (Å²) in [6.45, 7) is 5.10. The Balaban J connectivity index is 1.21. The first-order chi connectivity index (χ1) is 16.4. The number of carbonyl (C=O) groups is 4. The highest BCUT2D eigenvalue weighted by Gasteiger charge is 2.52. The average molecular weight is 467 g/mol. The van der Waals surface area contributed by atoms with Gasteiger partial charge in [0.25, 0.3) is 5.91 Å². The second-order valence-corrected chi connectivity index (χ2v) is 10.2. The number of likely N-dealkylation sites (tertiary alicyclic amines) is 2. The van der Waals surface area contributed by atoms with Gasteiger partial charge in [0.05, 0.1) is 11.3 Å². The second-order valence-electron chi connectivity index (χ2n) is 10.2. The van der Waals surface area contributed by atoms with Gasteiger partial charge in [-0.05, 0) is 57.6 Å². The number of benzene rings is 1. The van der Waals surface area contributed by atoms with Crippen molar-refractivity contribution in [2.45, 2.75) is 64.0 Å². The van der Waals surface area contributed by atoms with Crippen molar-refractivity contribution in [3.63, 3.8) is 0 Å². The molecule has 8 heteroatoms. The smallest absolute Gasteiger partial charge is 0.257 e. The minimum Gasteiger partial charge on any atom is -0.343 e. The number of hydrogen-bond acceptors (Lipinski definition) is 4. The highest BCUT2D eigenvalue weighted by molar-refractivity contribution is 6.10. The fourth-order valence-corrected chi connectivity index (χ4v) is 6.16. The van der Waals surface area contributed by atoms with Crippen LogP contribution in [-0.4, -0.2) is 76.7 Å². The molecule has 1 aromatic carbocycles. The molecule has 4 aliphatic rings. The van der Waals surface area contributed by atoms with Crippen LogP contribution in [0.15, 0.2) is 24.3 Å². The van der Waals surface area contributed by atoms with Gasteiger partial charge in [-0.15, -0.1) is 0 Å². The van der Waals surface area contributed by atoms with Crippen molar-refractivity contribution in [3.8, 4) is 0 Å². The molecule has 0 radical (unpaired) electrons. The summed E-state index contributed by atoms with van der Waals surface area (Å²) in [7, 11) is 0. The van der Waals surface area contributed by atoms with Crippen LogP contribution >= 0.6 is 0 Å². The third kappa shape index (κ3) is 3.87. The SMILES string of the molecule is CC12CCC(=O)N1c1ccccc1C(=O)N2CCC(=O)N1CCC(C(=O)N2CCCCC2)CC1. The monoisotopic (exact) mass is 466 g/mol. The number of hydrogen-bond donors (Lipinski definition) is 0. The van der Waals surface area contributed by atoms with Crippen LogP contribution in [0.2, 0.25) is 0 Å². The van der Waals surface area contributed by atoms with Crippen molar-refractivity contribution < 1.29 is 19.2 Å². The summed E-state index contributed by atoms with van der Waals surface area (Å²) in [5, 5.41) is 0. The Hall–Kier alpha value is -2.90. The zero-order valence-electron chi connectivity index (χ0n) is 20.0. The van der Waals surface area contributed by atoms with Crippen molar-refractivity contribution in [1.82, 2.24) is 14.7 Å². The van der Waals surface area contributed by atoms with Crippen LogP contribution in [-0.2, 0) is 14.4 Å². The van der Waals surface area contributed by atoms with E-state index in [4.69, 9.17) is 0 Å². The Morgan fingerprint density at radius 1 is 0.971 bits per heavy atom. The fourth-order valence-electron chi connectivity index (χ4n) is 6.16. The largest absolute Gasteiger partial charge is 0.343 e. The molecule has 4 aliphatic heterocycles. The Morgan fingerprint density at radius 2 is 1.68 bits per heavy atom. The first kappa shape index (κ1) is 22.9. The number of para-hydroxylation sites is 1. The van der Waals surface area contributed by atoms with Gasteiger partial charge in [-0.3, -0.25) is 24.1 Å². The van der Waals surface area contributed by atoms with E-state index in [1.165, 1.54) is 6.42 Å². The number of fused-ring (bicyclic) bond motifs is 3. The van der Waals surface area contributed by atoms with Gasteiger partial charge in [0.15, 0.2) is 0 Å². The van der Waals surface area contributed by atoms with Gasteiger partial charge in [-0.1, -0.05) is 12.1 Å². The molecule has 1 atom stereocenters. The summed E-state index contributed by atoms with van der Waals surface area (Å²) in [6.07, 6.45) is 5.96. The molecule has 0 N–H and O–H groups in total. The van der Waals surface area contributed by atoms with Crippen molar-refractivity contribution in [2.75, 3.05) is 37.6 Å². The predicted octanol–water partition coefficient (Wildman–Crippen LogP) is 2.63. The van der Waals surface area contributed by atoms with Gasteiger partial charge in [0.2, 0.25) is 17.7 Å². The van der Waals surface area contributed by atoms with Crippen LogP contribution in [0.5, 0.6) is 0 Å². The van der Waals surface area contributed by atoms with Crippen molar-refractivity contribution in [3.05, 3.63) is 29.8 Å². The lowest BCUT2D eigenvalue weighted by molar-refractivity contribution is -0.141. The first-order valence-electron chi connectivity index (χ1n) is 12.7. The number of nitrogens with zero attached hydrogens (tertiary/aromatic N) is 4. The number of anilines is 1. The third-order valence-corrected chi connectivity index (χ3v) is 8.16. The number of carbonyl (C=O) groups excluding carboxylic acids is 4. The lowest BCUT2D eigenvalue weighted by Gasteiger charge is -2.48. The highest BCUT2D eigenvalue weighted by atomic mass is 16.2. The number of piperidine rings is 2. The maximum atomic E-state index is 13.3. The van der Waals surface area contributed by atoms with Crippen molar-refractivity contribution >= 4 is 29.3 Å². The van der Waals surface area contributed by atoms with E-state index in [1.54, 1.807) is 21.9 Å². The lowest BCUT2D eigenvalue weighted by Crippen LogP contribution is -2.62. The maximum Gasteiger partial charge on any atom is 0.257 e. The summed E-state index contributed by atoms with van der Waals surface area (Å²) in [4.78, 5) is 59.2. The number of rotatable bonds is 4. The second kappa shape index (κ2) is 9.04. The molecule has 4 heterocycles. The van der Waals surface area contributed by atoms with Gasteiger partial charge in [0, 0.05) is 51.5 Å². The van der Waals surface area contributed by atoms with Crippen LogP contribution in [0.3, 0.4) is 0 Å². The molecular formula is C26H34N4O4. The minimum absolute atomic E-state index is 0.00926. The molecule has 5 rings (SSSR count). The van der Waals surface area contributed by atoms with Crippen LogP contribution in [0.4, 0.5) is 5.69 Å². The van der Waals surface area contributed by atoms with Gasteiger partial charge < -0.3 is 14.7 Å². The molecule has 0 bridgehead atoms. The van der Waals surface area contributed by atoms with E-state index in [0.717, 1.165) is 25.9 Å². The Labute approximate surface area is 200 Å². The Kier molecular flexibility index (Phi) is 6.08. The van der Waals surface area contributed by atoms with E-state index in [9.17, 15) is 19.2 Å². The van der Waals surface area contributed by atoms with E-state index in [2.05, 4.69) is 0 Å². The summed E-state index contributed by atoms with van der Waals surface area (Å²) in [6, 6.07) is 7.23. The van der Waals surface area contributed by atoms with E-state index in [1.807, 2.05) is 28.9 Å². The standard InChI is InChI=1S/C26H34N4O4/c1-26-13-9-23(32)30(26)21-8-4-3-7-20(21)25(34)29(26)18-12-22(31)27-16-10-19(11-17-27)24(33)28-14-5-2-6-15-28/h3-4,7-8,19H,2,5-6,9-18H2,1H3. The van der Waals surface area contributed by atoms with Gasteiger partial charge in [-0.2, -0.15) is 0 Å². The molecular weight excluding hydrogens is 432 g/mol. The first-order valence-corrected chi connectivity index (χ1v) is 12.7. The Morgan fingerprint density at radius 3 is 2.41 bits per heavy atom. The zero-order valence-corrected chi connectivity index (χ0v) is 20.0. The molecule has 8 nitrogen and oxygen atoms in total. The fraction of sp³-hybridized carbons (Fsp3) is 0.615. The quantitative estimate of drug-likeness (QED) is 0.683. The summed E-state index contributed by atoms with van der Waals surface area (Å²) in [5.41, 5.74) is 0.441. The third-order valence-electron chi connectivity index (χ3n) is 8.16. The van der Waals surface area contributed by atoms with E-state index < -0.39 is 5.66 Å².